The van der Waals surface area contributed by atoms with Gasteiger partial charge < -0.3 is 5.32 Å². The molecule has 2 spiro atoms. The van der Waals surface area contributed by atoms with Crippen LogP contribution in [0.15, 0.2) is 11.1 Å². The van der Waals surface area contributed by atoms with Crippen molar-refractivity contribution in [2.45, 2.75) is 85.1 Å². The summed E-state index contributed by atoms with van der Waals surface area (Å²) in [7, 11) is 2.11. The molecule has 4 aliphatic carbocycles. The average molecular weight is 357 g/mol. The van der Waals surface area contributed by atoms with Crippen molar-refractivity contribution in [2.75, 3.05) is 26.7 Å². The van der Waals surface area contributed by atoms with E-state index in [2.05, 4.69) is 45.0 Å². The fraction of sp³-hybridized carbons (Fsp3) is 0.917. The van der Waals surface area contributed by atoms with Gasteiger partial charge in [0.05, 0.1) is 0 Å². The van der Waals surface area contributed by atoms with Crippen molar-refractivity contribution in [3.05, 3.63) is 11.1 Å². The Morgan fingerprint density at radius 2 is 1.88 bits per heavy atom. The van der Waals surface area contributed by atoms with Crippen LogP contribution in [0.1, 0.15) is 79.1 Å². The maximum atomic E-state index is 3.42. The SMILES string of the molecule is CNCC1CN1CC12CC3=C(C)CCC3(C(C)CC13CCCC3)C2(C)C. The number of likely N-dealkylation sites (N-methyl/N-ethyl adjacent to an activating group) is 1. The summed E-state index contributed by atoms with van der Waals surface area (Å²) in [5.74, 6) is 0.876. The third-order valence-corrected chi connectivity index (χ3v) is 10.6. The van der Waals surface area contributed by atoms with Crippen molar-refractivity contribution in [1.82, 2.24) is 10.2 Å². The molecule has 0 aromatic heterocycles. The van der Waals surface area contributed by atoms with E-state index in [1.807, 2.05) is 5.57 Å². The molecule has 3 saturated carbocycles. The van der Waals surface area contributed by atoms with Crippen molar-refractivity contribution in [1.29, 1.82) is 0 Å². The third-order valence-electron chi connectivity index (χ3n) is 10.6. The Kier molecular flexibility index (Phi) is 3.67. The first-order chi connectivity index (χ1) is 12.3. The molecule has 1 saturated heterocycles. The molecule has 5 rings (SSSR count). The van der Waals surface area contributed by atoms with Gasteiger partial charge in [0.15, 0.2) is 0 Å². The number of fused-ring (bicyclic) bond motifs is 2. The normalized spacial score (nSPS) is 47.7. The number of nitrogens with zero attached hydrogens (tertiary/aromatic N) is 1. The molecule has 5 unspecified atom stereocenters. The maximum absolute atomic E-state index is 3.42. The molecule has 2 nitrogen and oxygen atoms in total. The third kappa shape index (κ3) is 1.82. The highest BCUT2D eigenvalue weighted by Crippen LogP contribution is 2.83. The van der Waals surface area contributed by atoms with Gasteiger partial charge in [0.2, 0.25) is 0 Å². The minimum Gasteiger partial charge on any atom is -0.318 e. The lowest BCUT2D eigenvalue weighted by atomic mass is 9.39. The summed E-state index contributed by atoms with van der Waals surface area (Å²) in [5, 5.41) is 3.42. The molecule has 0 amide bonds. The molecule has 0 aromatic carbocycles. The number of nitrogens with one attached hydrogen (secondary N) is 1. The highest BCUT2D eigenvalue weighted by molar-refractivity contribution is 5.43. The molecule has 0 radical (unpaired) electrons. The van der Waals surface area contributed by atoms with E-state index in [0.717, 1.165) is 12.0 Å². The monoisotopic (exact) mass is 356 g/mol. The minimum absolute atomic E-state index is 0.446. The van der Waals surface area contributed by atoms with Gasteiger partial charge in [0, 0.05) is 31.1 Å². The number of allylic oxidation sites excluding steroid dienone is 2. The molecule has 1 aliphatic heterocycles. The first-order valence-corrected chi connectivity index (χ1v) is 11.4. The zero-order valence-electron chi connectivity index (χ0n) is 17.9. The van der Waals surface area contributed by atoms with E-state index in [9.17, 15) is 0 Å². The van der Waals surface area contributed by atoms with Gasteiger partial charge in [-0.2, -0.15) is 0 Å². The Morgan fingerprint density at radius 3 is 2.58 bits per heavy atom. The minimum atomic E-state index is 0.446. The Balaban J connectivity index is 1.62. The molecule has 1 N–H and O–H groups in total. The van der Waals surface area contributed by atoms with Crippen molar-refractivity contribution < 1.29 is 0 Å². The van der Waals surface area contributed by atoms with Gasteiger partial charge >= 0.3 is 0 Å². The van der Waals surface area contributed by atoms with Gasteiger partial charge in [-0.05, 0) is 74.7 Å². The topological polar surface area (TPSA) is 15.0 Å². The van der Waals surface area contributed by atoms with Gasteiger partial charge in [-0.25, -0.2) is 0 Å². The predicted octanol–water partition coefficient (Wildman–Crippen LogP) is 5.00. The highest BCUT2D eigenvalue weighted by Gasteiger charge is 2.77. The second kappa shape index (κ2) is 5.38. The van der Waals surface area contributed by atoms with Crippen molar-refractivity contribution in [2.24, 2.45) is 27.6 Å². The Labute approximate surface area is 161 Å². The molecule has 0 aromatic rings. The molecule has 2 heteroatoms. The summed E-state index contributed by atoms with van der Waals surface area (Å²) < 4.78 is 0. The number of rotatable bonds is 4. The fourth-order valence-electron chi connectivity index (χ4n) is 9.33. The predicted molar refractivity (Wildman–Crippen MR) is 109 cm³/mol. The number of hydrogen-bond donors (Lipinski definition) is 1. The first-order valence-electron chi connectivity index (χ1n) is 11.4. The van der Waals surface area contributed by atoms with Crippen LogP contribution in [0.2, 0.25) is 0 Å². The molecule has 5 atom stereocenters. The summed E-state index contributed by atoms with van der Waals surface area (Å²) in [6.07, 6.45) is 11.7. The highest BCUT2D eigenvalue weighted by atomic mass is 15.3. The summed E-state index contributed by atoms with van der Waals surface area (Å²) in [6.45, 7) is 14.4. The lowest BCUT2D eigenvalue weighted by Crippen LogP contribution is -2.61. The van der Waals surface area contributed by atoms with Crippen molar-refractivity contribution >= 4 is 0 Å². The van der Waals surface area contributed by atoms with E-state index in [4.69, 9.17) is 0 Å². The van der Waals surface area contributed by atoms with Gasteiger partial charge in [-0.3, -0.25) is 4.90 Å². The van der Waals surface area contributed by atoms with Crippen molar-refractivity contribution in [3.8, 4) is 0 Å². The smallest absolute Gasteiger partial charge is 0.0348 e. The lowest BCUT2D eigenvalue weighted by molar-refractivity contribution is -0.168. The van der Waals surface area contributed by atoms with Crippen LogP contribution in [0, 0.1) is 27.6 Å². The lowest BCUT2D eigenvalue weighted by Gasteiger charge is -2.65. The van der Waals surface area contributed by atoms with Gasteiger partial charge in [0.25, 0.3) is 0 Å². The van der Waals surface area contributed by atoms with Crippen LogP contribution in [-0.4, -0.2) is 37.6 Å². The van der Waals surface area contributed by atoms with Crippen LogP contribution < -0.4 is 5.32 Å². The van der Waals surface area contributed by atoms with E-state index in [0.29, 0.717) is 21.7 Å². The Bertz CT molecular complexity index is 641. The second-order valence-corrected chi connectivity index (χ2v) is 11.3. The van der Waals surface area contributed by atoms with Crippen LogP contribution in [0.3, 0.4) is 0 Å². The zero-order valence-corrected chi connectivity index (χ0v) is 17.9. The fourth-order valence-corrected chi connectivity index (χ4v) is 9.33. The summed E-state index contributed by atoms with van der Waals surface area (Å²) in [6, 6.07) is 0.800. The van der Waals surface area contributed by atoms with E-state index in [-0.39, 0.29) is 0 Å². The zero-order chi connectivity index (χ0) is 18.4. The molecule has 1 heterocycles. The summed E-state index contributed by atoms with van der Waals surface area (Å²) >= 11 is 0. The van der Waals surface area contributed by atoms with E-state index in [1.165, 1.54) is 71.0 Å². The van der Waals surface area contributed by atoms with E-state index >= 15 is 0 Å². The average Bonchev–Trinajstić information content (AvgIpc) is 2.92. The van der Waals surface area contributed by atoms with Gasteiger partial charge in [-0.1, -0.05) is 44.8 Å². The molecule has 2 bridgehead atoms. The quantitative estimate of drug-likeness (QED) is 0.563. The number of hydrogen-bond acceptors (Lipinski definition) is 2. The first kappa shape index (κ1) is 17.7. The van der Waals surface area contributed by atoms with Crippen LogP contribution in [-0.2, 0) is 0 Å². The molecule has 5 aliphatic rings. The summed E-state index contributed by atoms with van der Waals surface area (Å²) in [4.78, 5) is 2.83. The van der Waals surface area contributed by atoms with Crippen molar-refractivity contribution in [3.63, 3.8) is 0 Å². The van der Waals surface area contributed by atoms with Crippen LogP contribution in [0.25, 0.3) is 0 Å². The van der Waals surface area contributed by atoms with E-state index < -0.39 is 0 Å². The Hall–Kier alpha value is -0.340. The molecular weight excluding hydrogens is 316 g/mol. The molecular formula is C24H40N2. The standard InChI is InChI=1S/C24H40N2/c1-17-8-11-24-18(2)12-22(9-6-7-10-22)23(13-20(17)24,21(24,3)4)16-26-15-19(26)14-25-5/h18-19,25H,6-16H2,1-5H3. The Morgan fingerprint density at radius 1 is 1.15 bits per heavy atom. The van der Waals surface area contributed by atoms with E-state index in [1.54, 1.807) is 5.57 Å². The largest absolute Gasteiger partial charge is 0.318 e. The van der Waals surface area contributed by atoms with Gasteiger partial charge in [-0.15, -0.1) is 0 Å². The van der Waals surface area contributed by atoms with Gasteiger partial charge in [0.1, 0.15) is 0 Å². The molecule has 146 valence electrons. The van der Waals surface area contributed by atoms with Crippen LogP contribution >= 0.6 is 0 Å². The van der Waals surface area contributed by atoms with Crippen LogP contribution in [0.4, 0.5) is 0 Å². The van der Waals surface area contributed by atoms with Crippen LogP contribution in [0.5, 0.6) is 0 Å². The summed E-state index contributed by atoms with van der Waals surface area (Å²) in [5.41, 5.74) is 5.81. The molecule has 4 fully saturated rings. The molecule has 26 heavy (non-hydrogen) atoms. The second-order valence-electron chi connectivity index (χ2n) is 11.3. The maximum Gasteiger partial charge on any atom is 0.0348 e.